The Labute approximate surface area is 218 Å². The number of ether oxygens (including phenoxy) is 2. The van der Waals surface area contributed by atoms with Crippen LogP contribution in [-0.2, 0) is 20.9 Å². The van der Waals surface area contributed by atoms with Crippen LogP contribution < -0.4 is 4.74 Å². The van der Waals surface area contributed by atoms with Gasteiger partial charge in [0.1, 0.15) is 23.9 Å². The lowest BCUT2D eigenvalue weighted by atomic mass is 9.94. The minimum Gasteiger partial charge on any atom is -0.507 e. The quantitative estimate of drug-likeness (QED) is 0.257. The molecule has 1 amide bonds. The summed E-state index contributed by atoms with van der Waals surface area (Å²) >= 11 is 6.10. The van der Waals surface area contributed by atoms with Crippen molar-refractivity contribution < 1.29 is 28.6 Å². The molecule has 0 aromatic heterocycles. The summed E-state index contributed by atoms with van der Waals surface area (Å²) < 4.78 is 25.8. The summed E-state index contributed by atoms with van der Waals surface area (Å²) in [7, 11) is 0. The van der Waals surface area contributed by atoms with Crippen molar-refractivity contribution in [3.05, 3.63) is 106 Å². The van der Waals surface area contributed by atoms with Crippen LogP contribution in [0.4, 0.5) is 4.39 Å². The van der Waals surface area contributed by atoms with Gasteiger partial charge in [0.25, 0.3) is 11.7 Å². The van der Waals surface area contributed by atoms with Crippen molar-refractivity contribution in [2.24, 2.45) is 0 Å². The van der Waals surface area contributed by atoms with E-state index in [4.69, 9.17) is 21.1 Å². The monoisotopic (exact) mass is 521 g/mol. The Balaban J connectivity index is 1.61. The fourth-order valence-electron chi connectivity index (χ4n) is 4.86. The predicted molar refractivity (Wildman–Crippen MR) is 137 cm³/mol. The molecular weight excluding hydrogens is 497 g/mol. The number of Topliss-reactive ketones (excluding diaryl/α,β-unsaturated/α-hetero) is 1. The summed E-state index contributed by atoms with van der Waals surface area (Å²) in [5.74, 6) is -2.46. The van der Waals surface area contributed by atoms with Gasteiger partial charge in [-0.05, 0) is 54.3 Å². The fraction of sp³-hybridized carbons (Fsp3) is 0.241. The first-order chi connectivity index (χ1) is 17.9. The maximum Gasteiger partial charge on any atom is 0.295 e. The topological polar surface area (TPSA) is 76.1 Å². The molecule has 0 aliphatic carbocycles. The normalized spacial score (nSPS) is 19.8. The standard InChI is InChI=1S/C29H25ClFNO5/c30-20-8-6-19(7-9-20)26-25(28(34)29(35)32(26)22-12-14-36-15-13-22)27(33)23-16-21(31)10-11-24(23)37-17-18-4-2-1-3-5-18/h1-11,16,22,26,33H,12-15,17H2. The van der Waals surface area contributed by atoms with Crippen molar-refractivity contribution in [3.8, 4) is 5.75 Å². The third kappa shape index (κ3) is 5.10. The zero-order valence-corrected chi connectivity index (χ0v) is 20.7. The van der Waals surface area contributed by atoms with E-state index in [1.165, 1.54) is 17.0 Å². The Morgan fingerprint density at radius 3 is 2.43 bits per heavy atom. The Kier molecular flexibility index (Phi) is 7.26. The van der Waals surface area contributed by atoms with E-state index < -0.39 is 29.3 Å². The first-order valence-corrected chi connectivity index (χ1v) is 12.4. The molecule has 2 fully saturated rings. The van der Waals surface area contributed by atoms with Crippen molar-refractivity contribution in [1.82, 2.24) is 4.90 Å². The third-order valence-electron chi connectivity index (χ3n) is 6.68. The molecule has 3 aromatic rings. The summed E-state index contributed by atoms with van der Waals surface area (Å²) in [6, 6.07) is 18.7. The highest BCUT2D eigenvalue weighted by Crippen LogP contribution is 2.43. The second kappa shape index (κ2) is 10.7. The molecule has 0 spiro atoms. The average Bonchev–Trinajstić information content (AvgIpc) is 3.19. The highest BCUT2D eigenvalue weighted by Gasteiger charge is 2.49. The van der Waals surface area contributed by atoms with Crippen LogP contribution in [-0.4, -0.2) is 41.0 Å². The summed E-state index contributed by atoms with van der Waals surface area (Å²) in [5.41, 5.74) is 1.37. The van der Waals surface area contributed by atoms with Crippen molar-refractivity contribution >= 4 is 29.1 Å². The van der Waals surface area contributed by atoms with E-state index in [2.05, 4.69) is 0 Å². The molecule has 8 heteroatoms. The van der Waals surface area contributed by atoms with E-state index in [0.717, 1.165) is 11.6 Å². The van der Waals surface area contributed by atoms with Gasteiger partial charge in [-0.25, -0.2) is 4.39 Å². The SMILES string of the molecule is O=C1C(=O)N(C2CCOCC2)C(c2ccc(Cl)cc2)C1=C(O)c1cc(F)ccc1OCc1ccccc1. The van der Waals surface area contributed by atoms with Crippen molar-refractivity contribution in [1.29, 1.82) is 0 Å². The molecule has 190 valence electrons. The number of hydrogen-bond donors (Lipinski definition) is 1. The van der Waals surface area contributed by atoms with Gasteiger partial charge in [0.05, 0.1) is 17.2 Å². The number of hydrogen-bond acceptors (Lipinski definition) is 5. The van der Waals surface area contributed by atoms with E-state index in [1.54, 1.807) is 24.3 Å². The van der Waals surface area contributed by atoms with Gasteiger partial charge in [-0.3, -0.25) is 9.59 Å². The maximum absolute atomic E-state index is 14.4. The highest BCUT2D eigenvalue weighted by molar-refractivity contribution is 6.46. The molecule has 1 atom stereocenters. The van der Waals surface area contributed by atoms with Crippen LogP contribution in [0.1, 0.15) is 35.6 Å². The number of rotatable bonds is 6. The molecule has 2 aliphatic heterocycles. The fourth-order valence-corrected chi connectivity index (χ4v) is 4.98. The molecule has 37 heavy (non-hydrogen) atoms. The molecule has 2 aliphatic rings. The van der Waals surface area contributed by atoms with Crippen LogP contribution >= 0.6 is 11.6 Å². The second-order valence-corrected chi connectivity index (χ2v) is 9.45. The Morgan fingerprint density at radius 2 is 1.73 bits per heavy atom. The van der Waals surface area contributed by atoms with Crippen LogP contribution in [0, 0.1) is 5.82 Å². The molecule has 0 radical (unpaired) electrons. The first-order valence-electron chi connectivity index (χ1n) is 12.0. The lowest BCUT2D eigenvalue weighted by Gasteiger charge is -2.35. The minimum absolute atomic E-state index is 0.000118. The van der Waals surface area contributed by atoms with Gasteiger partial charge in [0, 0.05) is 24.3 Å². The van der Waals surface area contributed by atoms with Gasteiger partial charge in [-0.15, -0.1) is 0 Å². The zero-order valence-electron chi connectivity index (χ0n) is 19.9. The summed E-state index contributed by atoms with van der Waals surface area (Å²) in [5, 5.41) is 12.0. The Hall–Kier alpha value is -3.68. The predicted octanol–water partition coefficient (Wildman–Crippen LogP) is 5.66. The van der Waals surface area contributed by atoms with Crippen molar-refractivity contribution in [3.63, 3.8) is 0 Å². The average molecular weight is 522 g/mol. The van der Waals surface area contributed by atoms with Gasteiger partial charge in [0.15, 0.2) is 0 Å². The molecule has 1 unspecified atom stereocenters. The molecular formula is C29H25ClFNO5. The van der Waals surface area contributed by atoms with E-state index in [1.807, 2.05) is 30.3 Å². The second-order valence-electron chi connectivity index (χ2n) is 9.02. The van der Waals surface area contributed by atoms with E-state index in [9.17, 15) is 19.1 Å². The molecule has 0 saturated carbocycles. The lowest BCUT2D eigenvalue weighted by Crippen LogP contribution is -2.42. The maximum atomic E-state index is 14.4. The number of ketones is 1. The first kappa shape index (κ1) is 25.0. The number of nitrogens with zero attached hydrogens (tertiary/aromatic N) is 1. The van der Waals surface area contributed by atoms with Gasteiger partial charge in [-0.1, -0.05) is 54.1 Å². The smallest absolute Gasteiger partial charge is 0.295 e. The van der Waals surface area contributed by atoms with E-state index in [0.29, 0.717) is 36.6 Å². The largest absolute Gasteiger partial charge is 0.507 e. The number of aliphatic hydroxyl groups excluding tert-OH is 1. The number of halogens is 2. The molecule has 2 heterocycles. The van der Waals surface area contributed by atoms with Gasteiger partial charge < -0.3 is 19.5 Å². The van der Waals surface area contributed by atoms with Gasteiger partial charge >= 0.3 is 0 Å². The molecule has 3 aromatic carbocycles. The van der Waals surface area contributed by atoms with E-state index in [-0.39, 0.29) is 29.5 Å². The molecule has 0 bridgehead atoms. The zero-order chi connectivity index (χ0) is 25.9. The van der Waals surface area contributed by atoms with Crippen LogP contribution in [0.2, 0.25) is 5.02 Å². The number of likely N-dealkylation sites (tertiary alicyclic amines) is 1. The van der Waals surface area contributed by atoms with Crippen LogP contribution in [0.25, 0.3) is 5.76 Å². The summed E-state index contributed by atoms with van der Waals surface area (Å²) in [6.07, 6.45) is 1.12. The van der Waals surface area contributed by atoms with Crippen molar-refractivity contribution in [2.45, 2.75) is 31.5 Å². The molecule has 6 nitrogen and oxygen atoms in total. The van der Waals surface area contributed by atoms with Crippen LogP contribution in [0.3, 0.4) is 0 Å². The lowest BCUT2D eigenvalue weighted by molar-refractivity contribution is -0.142. The Morgan fingerprint density at radius 1 is 1.03 bits per heavy atom. The Bertz CT molecular complexity index is 1340. The minimum atomic E-state index is -0.870. The summed E-state index contributed by atoms with van der Waals surface area (Å²) in [6.45, 7) is 1.09. The van der Waals surface area contributed by atoms with Gasteiger partial charge in [0.2, 0.25) is 0 Å². The highest BCUT2D eigenvalue weighted by atomic mass is 35.5. The third-order valence-corrected chi connectivity index (χ3v) is 6.94. The van der Waals surface area contributed by atoms with Gasteiger partial charge in [-0.2, -0.15) is 0 Å². The van der Waals surface area contributed by atoms with Crippen molar-refractivity contribution in [2.75, 3.05) is 13.2 Å². The molecule has 5 rings (SSSR count). The van der Waals surface area contributed by atoms with Crippen LogP contribution in [0.5, 0.6) is 5.75 Å². The van der Waals surface area contributed by atoms with Crippen LogP contribution in [0.15, 0.2) is 78.4 Å². The number of benzene rings is 3. The molecule has 1 N–H and O–H groups in total. The number of amides is 1. The number of carbonyl (C=O) groups excluding carboxylic acids is 2. The number of carbonyl (C=O) groups is 2. The number of aliphatic hydroxyl groups is 1. The van der Waals surface area contributed by atoms with E-state index >= 15 is 0 Å². The molecule has 2 saturated heterocycles. The summed E-state index contributed by atoms with van der Waals surface area (Å²) in [4.78, 5) is 28.2.